The summed E-state index contributed by atoms with van der Waals surface area (Å²) in [6, 6.07) is 14.3. The molecule has 2 heterocycles. The smallest absolute Gasteiger partial charge is 0.332 e. The second-order valence-corrected chi connectivity index (χ2v) is 8.04. The topological polar surface area (TPSA) is 104 Å². The van der Waals surface area contributed by atoms with Gasteiger partial charge in [0.2, 0.25) is 5.91 Å². The van der Waals surface area contributed by atoms with E-state index in [1.54, 1.807) is 36.4 Å². The van der Waals surface area contributed by atoms with Crippen LogP contribution in [0.5, 0.6) is 11.5 Å². The van der Waals surface area contributed by atoms with Crippen molar-refractivity contribution in [3.05, 3.63) is 98.6 Å². The molecule has 0 saturated carbocycles. The number of carbonyl (C=O) groups is 1. The predicted molar refractivity (Wildman–Crippen MR) is 132 cm³/mol. The zero-order valence-corrected chi connectivity index (χ0v) is 19.9. The molecule has 0 saturated heterocycles. The number of rotatable bonds is 9. The van der Waals surface area contributed by atoms with Crippen LogP contribution in [0.4, 0.5) is 4.39 Å². The molecule has 1 N–H and O–H groups in total. The van der Waals surface area contributed by atoms with E-state index in [-0.39, 0.29) is 36.5 Å². The molecule has 0 aliphatic rings. The lowest BCUT2D eigenvalue weighted by molar-refractivity contribution is -0.121. The van der Waals surface area contributed by atoms with Crippen molar-refractivity contribution in [1.29, 1.82) is 0 Å². The maximum Gasteiger partial charge on any atom is 0.332 e. The molecule has 0 spiro atoms. The average Bonchev–Trinajstić information content (AvgIpc) is 2.90. The van der Waals surface area contributed by atoms with Gasteiger partial charge in [0.15, 0.2) is 17.0 Å². The summed E-state index contributed by atoms with van der Waals surface area (Å²) in [5, 5.41) is 2.72. The number of hydrogen-bond donors (Lipinski definition) is 1. The van der Waals surface area contributed by atoms with Crippen molar-refractivity contribution in [2.75, 3.05) is 14.2 Å². The molecule has 10 heteroatoms. The zero-order valence-electron chi connectivity index (χ0n) is 19.9. The Bertz CT molecular complexity index is 1510. The summed E-state index contributed by atoms with van der Waals surface area (Å²) in [6.45, 7) is -0.0568. The van der Waals surface area contributed by atoms with Crippen molar-refractivity contribution < 1.29 is 18.7 Å². The number of halogens is 1. The van der Waals surface area contributed by atoms with Crippen molar-refractivity contribution >= 4 is 16.9 Å². The first-order chi connectivity index (χ1) is 17.4. The van der Waals surface area contributed by atoms with Crippen LogP contribution in [0.2, 0.25) is 0 Å². The second kappa shape index (κ2) is 10.9. The van der Waals surface area contributed by atoms with Crippen LogP contribution in [0.1, 0.15) is 11.1 Å². The Morgan fingerprint density at radius 2 is 1.69 bits per heavy atom. The molecule has 0 unspecified atom stereocenters. The van der Waals surface area contributed by atoms with Crippen LogP contribution in [0.15, 0.2) is 70.4 Å². The molecule has 2 aromatic carbocycles. The second-order valence-electron chi connectivity index (χ2n) is 8.04. The quantitative estimate of drug-likeness (QED) is 0.385. The van der Waals surface area contributed by atoms with Crippen LogP contribution >= 0.6 is 0 Å². The molecule has 4 aromatic rings. The molecule has 0 aliphatic heterocycles. The highest BCUT2D eigenvalue weighted by atomic mass is 19.1. The van der Waals surface area contributed by atoms with E-state index in [4.69, 9.17) is 9.47 Å². The number of methoxy groups -OCH3 is 2. The number of benzene rings is 2. The maximum atomic E-state index is 13.3. The van der Waals surface area contributed by atoms with Crippen molar-refractivity contribution in [2.24, 2.45) is 0 Å². The van der Waals surface area contributed by atoms with Crippen LogP contribution in [0.25, 0.3) is 11.0 Å². The number of amides is 1. The highest BCUT2D eigenvalue weighted by molar-refractivity contribution is 5.79. The third-order valence-corrected chi connectivity index (χ3v) is 5.76. The van der Waals surface area contributed by atoms with Gasteiger partial charge in [0.1, 0.15) is 12.4 Å². The third kappa shape index (κ3) is 5.27. The molecule has 36 heavy (non-hydrogen) atoms. The number of nitrogens with one attached hydrogen (secondary N) is 1. The van der Waals surface area contributed by atoms with E-state index in [0.29, 0.717) is 23.5 Å². The average molecular weight is 493 g/mol. The van der Waals surface area contributed by atoms with Crippen molar-refractivity contribution in [3.63, 3.8) is 0 Å². The molecule has 4 rings (SSSR count). The number of carbonyl (C=O) groups excluding carboxylic acids is 1. The van der Waals surface area contributed by atoms with Crippen LogP contribution in [0, 0.1) is 5.82 Å². The van der Waals surface area contributed by atoms with E-state index < -0.39 is 17.2 Å². The summed E-state index contributed by atoms with van der Waals surface area (Å²) in [7, 11) is 3.07. The highest BCUT2D eigenvalue weighted by Crippen LogP contribution is 2.27. The van der Waals surface area contributed by atoms with Crippen LogP contribution in [0.3, 0.4) is 0 Å². The van der Waals surface area contributed by atoms with Gasteiger partial charge < -0.3 is 14.8 Å². The molecule has 186 valence electrons. The Balaban J connectivity index is 1.60. The lowest BCUT2D eigenvalue weighted by Gasteiger charge is -2.14. The molecule has 9 nitrogen and oxygen atoms in total. The summed E-state index contributed by atoms with van der Waals surface area (Å²) < 4.78 is 26.0. The van der Waals surface area contributed by atoms with Crippen LogP contribution < -0.4 is 26.0 Å². The van der Waals surface area contributed by atoms with E-state index in [1.807, 2.05) is 6.07 Å². The molecule has 2 aromatic heterocycles. The van der Waals surface area contributed by atoms with Gasteiger partial charge in [-0.1, -0.05) is 18.2 Å². The van der Waals surface area contributed by atoms with E-state index in [0.717, 1.165) is 10.1 Å². The summed E-state index contributed by atoms with van der Waals surface area (Å²) in [4.78, 5) is 43.2. The fourth-order valence-corrected chi connectivity index (χ4v) is 3.87. The molecule has 0 fully saturated rings. The van der Waals surface area contributed by atoms with Gasteiger partial charge in [0, 0.05) is 19.3 Å². The fraction of sp³-hybridized carbons (Fsp3) is 0.231. The highest BCUT2D eigenvalue weighted by Gasteiger charge is 2.16. The minimum absolute atomic E-state index is 0.0802. The SMILES string of the molecule is COc1ccc(CCn2c(=O)c3ncccc3n(CC(=O)NCc3ccc(F)cc3)c2=O)cc1OC. The summed E-state index contributed by atoms with van der Waals surface area (Å²) >= 11 is 0. The van der Waals surface area contributed by atoms with Gasteiger partial charge in [-0.15, -0.1) is 0 Å². The number of pyridine rings is 1. The number of aryl methyl sites for hydroxylation is 1. The first-order valence-electron chi connectivity index (χ1n) is 11.2. The molecule has 0 radical (unpaired) electrons. The Kier molecular flexibility index (Phi) is 7.43. The zero-order chi connectivity index (χ0) is 25.7. The normalized spacial score (nSPS) is 10.9. The standard InChI is InChI=1S/C26H25FN4O5/c1-35-21-10-7-17(14-22(21)36-2)11-13-30-25(33)24-20(4-3-12-28-24)31(26(30)34)16-23(32)29-15-18-5-8-19(27)9-6-18/h3-10,12,14H,11,13,15-16H2,1-2H3,(H,29,32). The number of hydrogen-bond acceptors (Lipinski definition) is 6. The minimum atomic E-state index is -0.613. The maximum absolute atomic E-state index is 13.3. The fourth-order valence-electron chi connectivity index (χ4n) is 3.87. The monoisotopic (exact) mass is 492 g/mol. The number of nitrogens with zero attached hydrogens (tertiary/aromatic N) is 3. The van der Waals surface area contributed by atoms with E-state index in [9.17, 15) is 18.8 Å². The van der Waals surface area contributed by atoms with Crippen LogP contribution in [-0.2, 0) is 30.8 Å². The molecular formula is C26H25FN4O5. The van der Waals surface area contributed by atoms with Crippen LogP contribution in [-0.4, -0.2) is 34.2 Å². The third-order valence-electron chi connectivity index (χ3n) is 5.76. The van der Waals surface area contributed by atoms with E-state index in [2.05, 4.69) is 10.3 Å². The van der Waals surface area contributed by atoms with Crippen molar-refractivity contribution in [3.8, 4) is 11.5 Å². The molecule has 1 amide bonds. The summed E-state index contributed by atoms with van der Waals surface area (Å²) in [6.07, 6.45) is 1.83. The predicted octanol–water partition coefficient (Wildman–Crippen LogP) is 2.27. The summed E-state index contributed by atoms with van der Waals surface area (Å²) in [5.74, 6) is 0.308. The Labute approximate surface area is 205 Å². The van der Waals surface area contributed by atoms with Crippen molar-refractivity contribution in [1.82, 2.24) is 19.4 Å². The van der Waals surface area contributed by atoms with Crippen molar-refractivity contribution in [2.45, 2.75) is 26.1 Å². The molecule has 0 bridgehead atoms. The Morgan fingerprint density at radius 3 is 2.42 bits per heavy atom. The minimum Gasteiger partial charge on any atom is -0.493 e. The first-order valence-corrected chi connectivity index (χ1v) is 11.2. The Hall–Kier alpha value is -4.47. The lowest BCUT2D eigenvalue weighted by atomic mass is 10.1. The molecular weight excluding hydrogens is 467 g/mol. The van der Waals surface area contributed by atoms with Gasteiger partial charge >= 0.3 is 5.69 Å². The largest absolute Gasteiger partial charge is 0.493 e. The number of aromatic nitrogens is 3. The summed E-state index contributed by atoms with van der Waals surface area (Å²) in [5.41, 5.74) is 0.770. The Morgan fingerprint density at radius 1 is 0.972 bits per heavy atom. The van der Waals surface area contributed by atoms with Gasteiger partial charge in [-0.05, 0) is 53.9 Å². The first kappa shape index (κ1) is 24.6. The van der Waals surface area contributed by atoms with Gasteiger partial charge in [-0.2, -0.15) is 0 Å². The van der Waals surface area contributed by atoms with Gasteiger partial charge in [0.05, 0.1) is 19.7 Å². The molecule has 0 atom stereocenters. The van der Waals surface area contributed by atoms with Gasteiger partial charge in [0.25, 0.3) is 5.56 Å². The lowest BCUT2D eigenvalue weighted by Crippen LogP contribution is -2.43. The number of ether oxygens (including phenoxy) is 2. The van der Waals surface area contributed by atoms with E-state index >= 15 is 0 Å². The van der Waals surface area contributed by atoms with Gasteiger partial charge in [-0.3, -0.25) is 18.7 Å². The molecule has 0 aliphatic carbocycles. The number of fused-ring (bicyclic) bond motifs is 1. The van der Waals surface area contributed by atoms with E-state index in [1.165, 1.54) is 37.1 Å². The van der Waals surface area contributed by atoms with Gasteiger partial charge in [-0.25, -0.2) is 14.2 Å².